The number of esters is 1. The highest BCUT2D eigenvalue weighted by Crippen LogP contribution is 2.38. The fraction of sp³-hybridized carbons (Fsp3) is 0.250. The van der Waals surface area contributed by atoms with Gasteiger partial charge in [0.1, 0.15) is 0 Å². The molecule has 0 aliphatic heterocycles. The lowest BCUT2D eigenvalue weighted by atomic mass is 10.1. The Hall–Kier alpha value is -4.33. The summed E-state index contributed by atoms with van der Waals surface area (Å²) in [7, 11) is 4.55. The zero-order valence-corrected chi connectivity index (χ0v) is 20.7. The molecule has 0 fully saturated rings. The zero-order chi connectivity index (χ0) is 26.1. The number of aryl methyl sites for hydroxylation is 1. The number of nitrogens with one attached hydrogen (secondary N) is 1. The van der Waals surface area contributed by atoms with Crippen LogP contribution in [0.4, 0.5) is 5.69 Å². The lowest BCUT2D eigenvalue weighted by Crippen LogP contribution is -2.26. The minimum Gasteiger partial charge on any atom is -0.493 e. The lowest BCUT2D eigenvalue weighted by Gasteiger charge is -2.19. The Bertz CT molecular complexity index is 1200. The highest BCUT2D eigenvalue weighted by atomic mass is 16.5. The normalized spacial score (nSPS) is 11.2. The van der Waals surface area contributed by atoms with E-state index in [9.17, 15) is 14.4 Å². The number of benzene rings is 3. The van der Waals surface area contributed by atoms with Crippen molar-refractivity contribution in [1.82, 2.24) is 0 Å². The molecule has 0 radical (unpaired) electrons. The highest BCUT2D eigenvalue weighted by molar-refractivity contribution is 5.99. The largest absolute Gasteiger partial charge is 0.493 e. The van der Waals surface area contributed by atoms with E-state index in [1.54, 1.807) is 66.7 Å². The van der Waals surface area contributed by atoms with E-state index in [0.717, 1.165) is 5.56 Å². The second-order valence-corrected chi connectivity index (χ2v) is 7.94. The van der Waals surface area contributed by atoms with E-state index in [1.165, 1.54) is 28.3 Å². The average molecular weight is 492 g/mol. The van der Waals surface area contributed by atoms with E-state index in [4.69, 9.17) is 18.9 Å². The summed E-state index contributed by atoms with van der Waals surface area (Å²) < 4.78 is 21.7. The Kier molecular flexibility index (Phi) is 9.05. The van der Waals surface area contributed by atoms with Crippen LogP contribution < -0.4 is 19.5 Å². The van der Waals surface area contributed by atoms with Crippen LogP contribution in [-0.4, -0.2) is 39.0 Å². The summed E-state index contributed by atoms with van der Waals surface area (Å²) in [6.45, 7) is 1.45. The number of amides is 1. The molecule has 0 unspecified atom stereocenters. The second-order valence-electron chi connectivity index (χ2n) is 7.94. The van der Waals surface area contributed by atoms with Crippen molar-refractivity contribution < 1.29 is 33.3 Å². The summed E-state index contributed by atoms with van der Waals surface area (Å²) in [5, 5.41) is 2.74. The summed E-state index contributed by atoms with van der Waals surface area (Å²) >= 11 is 0. The number of ketones is 1. The van der Waals surface area contributed by atoms with Gasteiger partial charge < -0.3 is 24.3 Å². The van der Waals surface area contributed by atoms with Crippen LogP contribution in [0.3, 0.4) is 0 Å². The van der Waals surface area contributed by atoms with Crippen molar-refractivity contribution in [2.75, 3.05) is 26.6 Å². The molecule has 0 aliphatic carbocycles. The number of carbonyl (C=O) groups is 3. The Labute approximate surface area is 210 Å². The fourth-order valence-corrected chi connectivity index (χ4v) is 3.64. The van der Waals surface area contributed by atoms with Crippen molar-refractivity contribution in [2.45, 2.75) is 25.9 Å². The predicted octanol–water partition coefficient (Wildman–Crippen LogP) is 4.77. The average Bonchev–Trinajstić information content (AvgIpc) is 2.90. The molecule has 0 aliphatic rings. The Morgan fingerprint density at radius 2 is 1.50 bits per heavy atom. The first-order chi connectivity index (χ1) is 17.4. The molecule has 3 rings (SSSR count). The van der Waals surface area contributed by atoms with Crippen LogP contribution in [0, 0.1) is 0 Å². The van der Waals surface area contributed by atoms with Gasteiger partial charge >= 0.3 is 5.97 Å². The number of hydrogen-bond donors (Lipinski definition) is 1. The molecule has 0 bridgehead atoms. The van der Waals surface area contributed by atoms with Gasteiger partial charge in [-0.2, -0.15) is 0 Å². The maximum absolute atomic E-state index is 13.1. The topological polar surface area (TPSA) is 100 Å². The molecular formula is C28H29NO7. The van der Waals surface area contributed by atoms with E-state index >= 15 is 0 Å². The Morgan fingerprint density at radius 1 is 0.833 bits per heavy atom. The van der Waals surface area contributed by atoms with Crippen LogP contribution >= 0.6 is 0 Å². The summed E-state index contributed by atoms with van der Waals surface area (Å²) in [6.07, 6.45) is -0.811. The number of Topliss-reactive ketones (excluding diaryl/α,β-unsaturated/α-hetero) is 1. The monoisotopic (exact) mass is 491 g/mol. The smallest absolute Gasteiger partial charge is 0.307 e. The van der Waals surface area contributed by atoms with Crippen molar-refractivity contribution in [1.29, 1.82) is 0 Å². The van der Waals surface area contributed by atoms with Crippen LogP contribution in [0.25, 0.3) is 0 Å². The first-order valence-corrected chi connectivity index (χ1v) is 11.3. The lowest BCUT2D eigenvalue weighted by molar-refractivity contribution is -0.154. The van der Waals surface area contributed by atoms with Crippen molar-refractivity contribution in [3.8, 4) is 17.2 Å². The molecule has 3 aromatic carbocycles. The van der Waals surface area contributed by atoms with Gasteiger partial charge in [-0.15, -0.1) is 0 Å². The highest BCUT2D eigenvalue weighted by Gasteiger charge is 2.25. The van der Waals surface area contributed by atoms with Gasteiger partial charge in [-0.1, -0.05) is 42.5 Å². The number of methoxy groups -OCH3 is 3. The van der Waals surface area contributed by atoms with E-state index in [1.807, 2.05) is 0 Å². The van der Waals surface area contributed by atoms with Crippen molar-refractivity contribution in [3.63, 3.8) is 0 Å². The number of carbonyl (C=O) groups excluding carboxylic acids is 3. The minimum absolute atomic E-state index is 0.0229. The van der Waals surface area contributed by atoms with Crippen LogP contribution in [-0.2, 0) is 20.7 Å². The van der Waals surface area contributed by atoms with Crippen molar-refractivity contribution in [2.24, 2.45) is 0 Å². The molecule has 3 aromatic rings. The van der Waals surface area contributed by atoms with Gasteiger partial charge in [-0.05, 0) is 43.2 Å². The van der Waals surface area contributed by atoms with Gasteiger partial charge in [-0.3, -0.25) is 14.4 Å². The second kappa shape index (κ2) is 12.4. The van der Waals surface area contributed by atoms with Crippen LogP contribution in [0.5, 0.6) is 17.2 Å². The van der Waals surface area contributed by atoms with Crippen LogP contribution in [0.15, 0.2) is 66.7 Å². The minimum atomic E-state index is -1.17. The van der Waals surface area contributed by atoms with Crippen molar-refractivity contribution >= 4 is 23.3 Å². The first kappa shape index (κ1) is 26.3. The summed E-state index contributed by atoms with van der Waals surface area (Å²) in [6, 6.07) is 18.9. The molecule has 1 N–H and O–H groups in total. The zero-order valence-electron chi connectivity index (χ0n) is 20.7. The molecule has 188 valence electrons. The van der Waals surface area contributed by atoms with Crippen LogP contribution in [0.1, 0.15) is 40.9 Å². The third-order valence-corrected chi connectivity index (χ3v) is 5.47. The molecule has 0 heterocycles. The number of rotatable bonds is 11. The summed E-state index contributed by atoms with van der Waals surface area (Å²) in [4.78, 5) is 37.6. The van der Waals surface area contributed by atoms with Gasteiger partial charge in [0.25, 0.3) is 5.91 Å². The van der Waals surface area contributed by atoms with E-state index in [-0.39, 0.29) is 12.2 Å². The SMILES string of the molecule is COc1cc(CCC(=O)O[C@H](C(=O)Nc2cccc(C(C)=O)c2)c2ccccc2)cc(OC)c1OC. The first-order valence-electron chi connectivity index (χ1n) is 11.3. The maximum Gasteiger partial charge on any atom is 0.307 e. The van der Waals surface area contributed by atoms with Gasteiger partial charge in [0.15, 0.2) is 17.3 Å². The Morgan fingerprint density at radius 3 is 2.08 bits per heavy atom. The van der Waals surface area contributed by atoms with E-state index < -0.39 is 18.0 Å². The predicted molar refractivity (Wildman–Crippen MR) is 135 cm³/mol. The third kappa shape index (κ3) is 6.63. The molecule has 8 heteroatoms. The van der Waals surface area contributed by atoms with Crippen molar-refractivity contribution in [3.05, 3.63) is 83.4 Å². The molecule has 1 amide bonds. The standard InChI is InChI=1S/C28H29NO7/c1-18(30)21-11-8-12-22(17-21)29-28(32)26(20-9-6-5-7-10-20)36-25(31)14-13-19-15-23(33-2)27(35-4)24(16-19)34-3/h5-12,15-17,26H,13-14H2,1-4H3,(H,29,32)/t26-/m0/s1. The molecule has 8 nitrogen and oxygen atoms in total. The number of hydrogen-bond acceptors (Lipinski definition) is 7. The van der Waals surface area contributed by atoms with E-state index in [0.29, 0.717) is 40.5 Å². The number of ether oxygens (including phenoxy) is 4. The molecular weight excluding hydrogens is 462 g/mol. The quantitative estimate of drug-likeness (QED) is 0.305. The third-order valence-electron chi connectivity index (χ3n) is 5.47. The van der Waals surface area contributed by atoms with Gasteiger partial charge in [0.2, 0.25) is 11.9 Å². The maximum atomic E-state index is 13.1. The Balaban J connectivity index is 1.75. The fourth-order valence-electron chi connectivity index (χ4n) is 3.64. The molecule has 0 spiro atoms. The van der Waals surface area contributed by atoms with Gasteiger partial charge in [0.05, 0.1) is 21.3 Å². The molecule has 0 aromatic heterocycles. The summed E-state index contributed by atoms with van der Waals surface area (Å²) in [5.41, 5.74) is 2.20. The summed E-state index contributed by atoms with van der Waals surface area (Å²) in [5.74, 6) is 0.224. The van der Waals surface area contributed by atoms with Crippen LogP contribution in [0.2, 0.25) is 0 Å². The molecule has 0 saturated carbocycles. The van der Waals surface area contributed by atoms with E-state index in [2.05, 4.69) is 5.32 Å². The van der Waals surface area contributed by atoms with Gasteiger partial charge in [-0.25, -0.2) is 0 Å². The molecule has 1 atom stereocenters. The molecule has 0 saturated heterocycles. The molecule has 36 heavy (non-hydrogen) atoms. The van der Waals surface area contributed by atoms with Gasteiger partial charge in [0, 0.05) is 23.2 Å². The number of anilines is 1.